The molecular formula is C14H24N4O2. The van der Waals surface area contributed by atoms with Gasteiger partial charge >= 0.3 is 0 Å². The molecule has 1 fully saturated rings. The highest BCUT2D eigenvalue weighted by molar-refractivity contribution is 5.76. The Labute approximate surface area is 119 Å². The third-order valence-corrected chi connectivity index (χ3v) is 3.51. The smallest absolute Gasteiger partial charge is 0.227 e. The van der Waals surface area contributed by atoms with Crippen LogP contribution in [0, 0.1) is 0 Å². The molecule has 0 saturated carbocycles. The zero-order valence-electron chi connectivity index (χ0n) is 12.8. The summed E-state index contributed by atoms with van der Waals surface area (Å²) >= 11 is 0. The molecule has 1 aliphatic rings. The van der Waals surface area contributed by atoms with Crippen molar-refractivity contribution in [3.05, 3.63) is 11.7 Å². The van der Waals surface area contributed by atoms with Crippen LogP contribution in [0.2, 0.25) is 0 Å². The standard InChI is InChI=1S/C14H24N4O2/c1-10-9-15-7-8-18(10)12(19)6-5-11-16-13(17-20-11)14(2,3)4/h10,15H,5-9H2,1-4H3/t10-/m0/s1. The monoisotopic (exact) mass is 280 g/mol. The molecule has 1 aromatic heterocycles. The van der Waals surface area contributed by atoms with E-state index >= 15 is 0 Å². The van der Waals surface area contributed by atoms with E-state index in [4.69, 9.17) is 4.52 Å². The molecule has 0 bridgehead atoms. The third-order valence-electron chi connectivity index (χ3n) is 3.51. The van der Waals surface area contributed by atoms with Gasteiger partial charge in [-0.2, -0.15) is 4.98 Å². The van der Waals surface area contributed by atoms with Crippen molar-refractivity contribution in [1.82, 2.24) is 20.4 Å². The van der Waals surface area contributed by atoms with E-state index in [-0.39, 0.29) is 17.4 Å². The van der Waals surface area contributed by atoms with Gasteiger partial charge in [-0.25, -0.2) is 0 Å². The molecule has 1 saturated heterocycles. The summed E-state index contributed by atoms with van der Waals surface area (Å²) in [4.78, 5) is 18.5. The van der Waals surface area contributed by atoms with Crippen LogP contribution >= 0.6 is 0 Å². The van der Waals surface area contributed by atoms with Crippen molar-refractivity contribution >= 4 is 5.91 Å². The first-order valence-corrected chi connectivity index (χ1v) is 7.21. The van der Waals surface area contributed by atoms with Crippen molar-refractivity contribution in [1.29, 1.82) is 0 Å². The third kappa shape index (κ3) is 3.56. The van der Waals surface area contributed by atoms with Crippen LogP contribution in [0.3, 0.4) is 0 Å². The predicted octanol–water partition coefficient (Wildman–Crippen LogP) is 1.12. The highest BCUT2D eigenvalue weighted by Gasteiger charge is 2.24. The summed E-state index contributed by atoms with van der Waals surface area (Å²) in [5.41, 5.74) is -0.126. The van der Waals surface area contributed by atoms with Crippen molar-refractivity contribution in [2.45, 2.75) is 52.0 Å². The van der Waals surface area contributed by atoms with Gasteiger partial charge < -0.3 is 14.7 Å². The van der Waals surface area contributed by atoms with E-state index in [1.807, 2.05) is 25.7 Å². The van der Waals surface area contributed by atoms with Crippen molar-refractivity contribution in [3.63, 3.8) is 0 Å². The number of piperazine rings is 1. The summed E-state index contributed by atoms with van der Waals surface area (Å²) in [6, 6.07) is 0.254. The van der Waals surface area contributed by atoms with E-state index in [9.17, 15) is 4.79 Å². The minimum atomic E-state index is -0.126. The second-order valence-electron chi connectivity index (χ2n) is 6.40. The first-order valence-electron chi connectivity index (χ1n) is 7.21. The van der Waals surface area contributed by atoms with Crippen LogP contribution in [0.4, 0.5) is 0 Å². The Morgan fingerprint density at radius 1 is 1.50 bits per heavy atom. The van der Waals surface area contributed by atoms with Gasteiger partial charge in [0.2, 0.25) is 11.8 Å². The van der Waals surface area contributed by atoms with Gasteiger partial charge in [0.1, 0.15) is 0 Å². The molecule has 0 radical (unpaired) electrons. The topological polar surface area (TPSA) is 71.3 Å². The van der Waals surface area contributed by atoms with E-state index in [0.29, 0.717) is 24.6 Å². The van der Waals surface area contributed by atoms with Crippen molar-refractivity contribution < 1.29 is 9.32 Å². The Morgan fingerprint density at radius 2 is 2.25 bits per heavy atom. The van der Waals surface area contributed by atoms with E-state index < -0.39 is 0 Å². The summed E-state index contributed by atoms with van der Waals surface area (Å²) < 4.78 is 5.21. The summed E-state index contributed by atoms with van der Waals surface area (Å²) in [5.74, 6) is 1.40. The number of aryl methyl sites for hydroxylation is 1. The normalized spacial score (nSPS) is 20.2. The zero-order chi connectivity index (χ0) is 14.8. The highest BCUT2D eigenvalue weighted by Crippen LogP contribution is 2.19. The van der Waals surface area contributed by atoms with Gasteiger partial charge in [-0.05, 0) is 6.92 Å². The fraction of sp³-hybridized carbons (Fsp3) is 0.786. The number of nitrogens with zero attached hydrogens (tertiary/aromatic N) is 3. The van der Waals surface area contributed by atoms with Crippen LogP contribution < -0.4 is 5.32 Å². The Hall–Kier alpha value is -1.43. The van der Waals surface area contributed by atoms with Crippen LogP contribution in [-0.4, -0.2) is 46.6 Å². The average molecular weight is 280 g/mol. The highest BCUT2D eigenvalue weighted by atomic mass is 16.5. The molecule has 2 heterocycles. The van der Waals surface area contributed by atoms with Crippen LogP contribution in [0.25, 0.3) is 0 Å². The number of nitrogens with one attached hydrogen (secondary N) is 1. The van der Waals surface area contributed by atoms with Crippen LogP contribution in [0.5, 0.6) is 0 Å². The van der Waals surface area contributed by atoms with Gasteiger partial charge in [0.25, 0.3) is 0 Å². The second-order valence-corrected chi connectivity index (χ2v) is 6.40. The van der Waals surface area contributed by atoms with Gasteiger partial charge in [-0.15, -0.1) is 0 Å². The molecule has 1 aromatic rings. The predicted molar refractivity (Wildman–Crippen MR) is 75.4 cm³/mol. The maximum Gasteiger partial charge on any atom is 0.227 e. The molecular weight excluding hydrogens is 256 g/mol. The van der Waals surface area contributed by atoms with Crippen LogP contribution in [0.15, 0.2) is 4.52 Å². The SMILES string of the molecule is C[C@H]1CNCCN1C(=O)CCc1nc(C(C)(C)C)no1. The lowest BCUT2D eigenvalue weighted by molar-refractivity contribution is -0.134. The molecule has 0 spiro atoms. The molecule has 0 unspecified atom stereocenters. The van der Waals surface area contributed by atoms with Gasteiger partial charge in [0, 0.05) is 43.9 Å². The van der Waals surface area contributed by atoms with Gasteiger partial charge in [0.05, 0.1) is 0 Å². The Balaban J connectivity index is 1.88. The average Bonchev–Trinajstić information content (AvgIpc) is 2.85. The number of hydrogen-bond donors (Lipinski definition) is 1. The second kappa shape index (κ2) is 5.91. The van der Waals surface area contributed by atoms with E-state index in [2.05, 4.69) is 22.4 Å². The minimum absolute atomic E-state index is 0.126. The van der Waals surface area contributed by atoms with Crippen LogP contribution in [-0.2, 0) is 16.6 Å². The molecule has 6 heteroatoms. The van der Waals surface area contributed by atoms with Crippen LogP contribution in [0.1, 0.15) is 45.8 Å². The number of aromatic nitrogens is 2. The molecule has 6 nitrogen and oxygen atoms in total. The van der Waals surface area contributed by atoms with Gasteiger partial charge in [-0.1, -0.05) is 25.9 Å². The zero-order valence-corrected chi connectivity index (χ0v) is 12.8. The Morgan fingerprint density at radius 3 is 2.85 bits per heavy atom. The first-order chi connectivity index (χ1) is 9.38. The summed E-state index contributed by atoms with van der Waals surface area (Å²) in [6.07, 6.45) is 0.939. The Bertz CT molecular complexity index is 464. The maximum absolute atomic E-state index is 12.2. The number of carbonyl (C=O) groups is 1. The molecule has 1 aliphatic heterocycles. The number of carbonyl (C=O) groups excluding carboxylic acids is 1. The largest absolute Gasteiger partial charge is 0.339 e. The molecule has 1 atom stereocenters. The molecule has 1 amide bonds. The quantitative estimate of drug-likeness (QED) is 0.898. The lowest BCUT2D eigenvalue weighted by Gasteiger charge is -2.34. The maximum atomic E-state index is 12.2. The molecule has 1 N–H and O–H groups in total. The van der Waals surface area contributed by atoms with Gasteiger partial charge in [0.15, 0.2) is 5.82 Å². The lowest BCUT2D eigenvalue weighted by Crippen LogP contribution is -2.52. The van der Waals surface area contributed by atoms with E-state index in [1.165, 1.54) is 0 Å². The summed E-state index contributed by atoms with van der Waals surface area (Å²) in [7, 11) is 0. The number of hydrogen-bond acceptors (Lipinski definition) is 5. The van der Waals surface area contributed by atoms with Gasteiger partial charge in [-0.3, -0.25) is 4.79 Å². The summed E-state index contributed by atoms with van der Waals surface area (Å²) in [5, 5.41) is 7.25. The first kappa shape index (κ1) is 15.0. The lowest BCUT2D eigenvalue weighted by atomic mass is 9.96. The molecule has 0 aromatic carbocycles. The van der Waals surface area contributed by atoms with E-state index in [0.717, 1.165) is 19.6 Å². The van der Waals surface area contributed by atoms with Crippen molar-refractivity contribution in [3.8, 4) is 0 Å². The number of rotatable bonds is 3. The fourth-order valence-corrected chi connectivity index (χ4v) is 2.23. The molecule has 112 valence electrons. The minimum Gasteiger partial charge on any atom is -0.339 e. The molecule has 0 aliphatic carbocycles. The summed E-state index contributed by atoms with van der Waals surface area (Å²) in [6.45, 7) is 10.7. The number of amides is 1. The van der Waals surface area contributed by atoms with E-state index in [1.54, 1.807) is 0 Å². The Kier molecular flexibility index (Phi) is 4.42. The van der Waals surface area contributed by atoms with Crippen molar-refractivity contribution in [2.75, 3.05) is 19.6 Å². The molecule has 2 rings (SSSR count). The fourth-order valence-electron chi connectivity index (χ4n) is 2.23. The van der Waals surface area contributed by atoms with Crippen molar-refractivity contribution in [2.24, 2.45) is 0 Å². The molecule has 20 heavy (non-hydrogen) atoms.